The molecule has 0 saturated carbocycles. The fourth-order valence-electron chi connectivity index (χ4n) is 1.71. The van der Waals surface area contributed by atoms with Crippen molar-refractivity contribution in [1.29, 1.82) is 5.26 Å². The highest BCUT2D eigenvalue weighted by Gasteiger charge is 2.29. The Labute approximate surface area is 85.6 Å². The SMILES string of the molecule is N#Cc1ccc2c(c1)CC(N=[N+]=[N-])C2=O. The summed E-state index contributed by atoms with van der Waals surface area (Å²) in [6.45, 7) is 0. The topological polar surface area (TPSA) is 89.6 Å². The van der Waals surface area contributed by atoms with Gasteiger partial charge in [0.15, 0.2) is 5.78 Å². The molecule has 0 heterocycles. The molecule has 0 bridgehead atoms. The second kappa shape index (κ2) is 3.45. The normalized spacial score (nSPS) is 17.8. The van der Waals surface area contributed by atoms with Gasteiger partial charge in [-0.25, -0.2) is 0 Å². The van der Waals surface area contributed by atoms with E-state index in [0.29, 0.717) is 17.5 Å². The molecule has 1 aliphatic rings. The van der Waals surface area contributed by atoms with Crippen molar-refractivity contribution in [2.75, 3.05) is 0 Å². The van der Waals surface area contributed by atoms with Crippen LogP contribution in [-0.4, -0.2) is 11.8 Å². The van der Waals surface area contributed by atoms with E-state index >= 15 is 0 Å². The predicted octanol–water partition coefficient (Wildman–Crippen LogP) is 1.98. The zero-order valence-electron chi connectivity index (χ0n) is 7.71. The van der Waals surface area contributed by atoms with Gasteiger partial charge in [-0.3, -0.25) is 4.79 Å². The van der Waals surface area contributed by atoms with Gasteiger partial charge in [-0.2, -0.15) is 5.26 Å². The Bertz CT molecular complexity index is 523. The lowest BCUT2D eigenvalue weighted by Gasteiger charge is -1.95. The number of hydrogen-bond acceptors (Lipinski definition) is 3. The fraction of sp³-hybridized carbons (Fsp3) is 0.200. The van der Waals surface area contributed by atoms with E-state index in [0.717, 1.165) is 5.56 Å². The van der Waals surface area contributed by atoms with Gasteiger partial charge < -0.3 is 0 Å². The summed E-state index contributed by atoms with van der Waals surface area (Å²) in [6.07, 6.45) is 0.397. The Morgan fingerprint density at radius 3 is 3.07 bits per heavy atom. The van der Waals surface area contributed by atoms with Gasteiger partial charge in [0.1, 0.15) is 6.04 Å². The first-order chi connectivity index (χ1) is 7.26. The van der Waals surface area contributed by atoms with Gasteiger partial charge >= 0.3 is 0 Å². The Kier molecular flexibility index (Phi) is 2.13. The number of ketones is 1. The first-order valence-electron chi connectivity index (χ1n) is 4.37. The van der Waals surface area contributed by atoms with Crippen molar-refractivity contribution < 1.29 is 4.79 Å². The lowest BCUT2D eigenvalue weighted by molar-refractivity contribution is 0.0975. The van der Waals surface area contributed by atoms with Crippen molar-refractivity contribution >= 4 is 5.78 Å². The molecule has 0 N–H and O–H groups in total. The fourth-order valence-corrected chi connectivity index (χ4v) is 1.71. The summed E-state index contributed by atoms with van der Waals surface area (Å²) in [6, 6.07) is 6.24. The maximum atomic E-state index is 11.6. The van der Waals surface area contributed by atoms with E-state index in [2.05, 4.69) is 10.0 Å². The highest BCUT2D eigenvalue weighted by molar-refractivity contribution is 6.04. The maximum Gasteiger partial charge on any atom is 0.172 e. The van der Waals surface area contributed by atoms with Gasteiger partial charge in [0.2, 0.25) is 0 Å². The number of azide groups is 1. The molecule has 1 unspecified atom stereocenters. The number of Topliss-reactive ketones (excluding diaryl/α,β-unsaturated/α-hetero) is 1. The number of carbonyl (C=O) groups is 1. The third-order valence-corrected chi connectivity index (χ3v) is 2.41. The van der Waals surface area contributed by atoms with E-state index < -0.39 is 6.04 Å². The molecule has 1 aromatic rings. The summed E-state index contributed by atoms with van der Waals surface area (Å²) < 4.78 is 0. The van der Waals surface area contributed by atoms with E-state index in [1.807, 2.05) is 6.07 Å². The summed E-state index contributed by atoms with van der Waals surface area (Å²) in [5, 5.41) is 12.1. The molecule has 0 amide bonds. The molecule has 1 atom stereocenters. The highest BCUT2D eigenvalue weighted by atomic mass is 16.1. The second-order valence-electron chi connectivity index (χ2n) is 3.27. The van der Waals surface area contributed by atoms with Crippen LogP contribution in [0.15, 0.2) is 23.3 Å². The van der Waals surface area contributed by atoms with Crippen LogP contribution in [0.2, 0.25) is 0 Å². The van der Waals surface area contributed by atoms with Crippen molar-refractivity contribution in [3.8, 4) is 6.07 Å². The Morgan fingerprint density at radius 1 is 1.60 bits per heavy atom. The number of carbonyl (C=O) groups excluding carboxylic acids is 1. The summed E-state index contributed by atoms with van der Waals surface area (Å²) >= 11 is 0. The van der Waals surface area contributed by atoms with Gasteiger partial charge in [0.05, 0.1) is 11.6 Å². The van der Waals surface area contributed by atoms with Crippen LogP contribution < -0.4 is 0 Å². The first-order valence-corrected chi connectivity index (χ1v) is 4.37. The molecule has 0 aliphatic heterocycles. The van der Waals surface area contributed by atoms with Crippen molar-refractivity contribution in [3.05, 3.63) is 45.3 Å². The molecule has 0 radical (unpaired) electrons. The monoisotopic (exact) mass is 198 g/mol. The highest BCUT2D eigenvalue weighted by Crippen LogP contribution is 2.25. The quantitative estimate of drug-likeness (QED) is 0.392. The smallest absolute Gasteiger partial charge is 0.172 e. The van der Waals surface area contributed by atoms with Gasteiger partial charge in [0.25, 0.3) is 0 Å². The van der Waals surface area contributed by atoms with Crippen molar-refractivity contribution in [3.63, 3.8) is 0 Å². The minimum Gasteiger partial charge on any atom is -0.294 e. The summed E-state index contributed by atoms with van der Waals surface area (Å²) in [4.78, 5) is 14.3. The number of fused-ring (bicyclic) bond motifs is 1. The zero-order chi connectivity index (χ0) is 10.8. The number of benzene rings is 1. The Morgan fingerprint density at radius 2 is 2.40 bits per heavy atom. The average molecular weight is 198 g/mol. The van der Waals surface area contributed by atoms with E-state index in [9.17, 15) is 4.79 Å². The van der Waals surface area contributed by atoms with E-state index in [1.54, 1.807) is 18.2 Å². The molecular weight excluding hydrogens is 192 g/mol. The predicted molar refractivity (Wildman–Crippen MR) is 52.1 cm³/mol. The minimum absolute atomic E-state index is 0.160. The van der Waals surface area contributed by atoms with E-state index in [1.165, 1.54) is 0 Å². The summed E-state index contributed by atoms with van der Waals surface area (Å²) in [7, 11) is 0. The van der Waals surface area contributed by atoms with Crippen LogP contribution in [0.1, 0.15) is 21.5 Å². The lowest BCUT2D eigenvalue weighted by Crippen LogP contribution is -2.11. The molecule has 0 saturated heterocycles. The molecule has 72 valence electrons. The van der Waals surface area contributed by atoms with Gasteiger partial charge in [-0.15, -0.1) is 0 Å². The molecule has 5 nitrogen and oxygen atoms in total. The van der Waals surface area contributed by atoms with Gasteiger partial charge in [0, 0.05) is 10.5 Å². The summed E-state index contributed by atoms with van der Waals surface area (Å²) in [5.41, 5.74) is 10.1. The molecule has 0 spiro atoms. The maximum absolute atomic E-state index is 11.6. The third-order valence-electron chi connectivity index (χ3n) is 2.41. The van der Waals surface area contributed by atoms with Crippen molar-refractivity contribution in [2.24, 2.45) is 5.11 Å². The zero-order valence-corrected chi connectivity index (χ0v) is 7.71. The van der Waals surface area contributed by atoms with Crippen LogP contribution in [0.4, 0.5) is 0 Å². The largest absolute Gasteiger partial charge is 0.294 e. The molecule has 1 aromatic carbocycles. The Hall–Kier alpha value is -2.31. The third kappa shape index (κ3) is 1.43. The lowest BCUT2D eigenvalue weighted by atomic mass is 10.1. The molecule has 15 heavy (non-hydrogen) atoms. The number of nitriles is 1. The van der Waals surface area contributed by atoms with Gasteiger partial charge in [-0.05, 0) is 35.7 Å². The molecule has 5 heteroatoms. The van der Waals surface area contributed by atoms with Crippen LogP contribution in [0.5, 0.6) is 0 Å². The molecule has 0 aromatic heterocycles. The number of hydrogen-bond donors (Lipinski definition) is 0. The minimum atomic E-state index is -0.640. The van der Waals surface area contributed by atoms with Gasteiger partial charge in [-0.1, -0.05) is 5.11 Å². The number of rotatable bonds is 1. The van der Waals surface area contributed by atoms with Crippen LogP contribution in [0.25, 0.3) is 10.4 Å². The van der Waals surface area contributed by atoms with Crippen LogP contribution >= 0.6 is 0 Å². The van der Waals surface area contributed by atoms with Crippen LogP contribution in [-0.2, 0) is 6.42 Å². The van der Waals surface area contributed by atoms with E-state index in [-0.39, 0.29) is 5.78 Å². The molecule has 1 aliphatic carbocycles. The molecule has 2 rings (SSSR count). The Balaban J connectivity index is 2.46. The standard InChI is InChI=1S/C10H6N4O/c11-5-6-1-2-8-7(3-6)4-9(10(8)15)13-14-12/h1-3,9H,4H2. The second-order valence-corrected chi connectivity index (χ2v) is 3.27. The van der Waals surface area contributed by atoms with Crippen molar-refractivity contribution in [1.82, 2.24) is 0 Å². The number of nitrogens with zero attached hydrogens (tertiary/aromatic N) is 4. The first kappa shape index (κ1) is 9.25. The summed E-state index contributed by atoms with van der Waals surface area (Å²) in [5.74, 6) is -0.160. The average Bonchev–Trinajstić information content (AvgIpc) is 2.56. The van der Waals surface area contributed by atoms with Crippen molar-refractivity contribution in [2.45, 2.75) is 12.5 Å². The molecule has 0 fully saturated rings. The van der Waals surface area contributed by atoms with Crippen LogP contribution in [0, 0.1) is 11.3 Å². The molecular formula is C10H6N4O. The van der Waals surface area contributed by atoms with E-state index in [4.69, 9.17) is 10.8 Å². The van der Waals surface area contributed by atoms with Crippen LogP contribution in [0.3, 0.4) is 0 Å².